The van der Waals surface area contributed by atoms with Gasteiger partial charge >= 0.3 is 6.03 Å². The van der Waals surface area contributed by atoms with Gasteiger partial charge in [0.2, 0.25) is 0 Å². The fourth-order valence-corrected chi connectivity index (χ4v) is 4.71. The average molecular weight is 366 g/mol. The molecular weight excluding hydrogens is 334 g/mol. The summed E-state index contributed by atoms with van der Waals surface area (Å²) >= 11 is 0. The van der Waals surface area contributed by atoms with E-state index in [1.54, 1.807) is 0 Å². The van der Waals surface area contributed by atoms with Crippen molar-refractivity contribution in [3.05, 3.63) is 48.0 Å². The molecule has 0 spiro atoms. The molecule has 0 unspecified atom stereocenters. The van der Waals surface area contributed by atoms with Gasteiger partial charge in [-0.3, -0.25) is 0 Å². The molecule has 27 heavy (non-hydrogen) atoms. The second-order valence-corrected chi connectivity index (χ2v) is 8.12. The number of hydrogen-bond donors (Lipinski definition) is 2. The topological polar surface area (TPSA) is 44.4 Å². The lowest BCUT2D eigenvalue weighted by Gasteiger charge is -2.36. The minimum Gasteiger partial charge on any atom is -0.338 e. The van der Waals surface area contributed by atoms with Gasteiger partial charge in [-0.25, -0.2) is 4.79 Å². The van der Waals surface area contributed by atoms with Crippen LogP contribution in [-0.4, -0.2) is 36.6 Å². The maximum absolute atomic E-state index is 12.2. The van der Waals surface area contributed by atoms with Gasteiger partial charge in [-0.1, -0.05) is 55.3 Å². The highest BCUT2D eigenvalue weighted by Gasteiger charge is 2.27. The summed E-state index contributed by atoms with van der Waals surface area (Å²) in [5.41, 5.74) is 1.16. The monoisotopic (exact) mass is 365 g/mol. The summed E-state index contributed by atoms with van der Waals surface area (Å²) in [5, 5.41) is 8.53. The molecule has 2 aliphatic rings. The zero-order valence-electron chi connectivity index (χ0n) is 16.1. The summed E-state index contributed by atoms with van der Waals surface area (Å²) < 4.78 is 0. The van der Waals surface area contributed by atoms with Crippen molar-refractivity contribution in [2.24, 2.45) is 5.92 Å². The van der Waals surface area contributed by atoms with Crippen LogP contribution in [0.3, 0.4) is 0 Å². The second kappa shape index (κ2) is 8.75. The number of hydrogen-bond acceptors (Lipinski definition) is 2. The molecular formula is C23H31N3O. The highest BCUT2D eigenvalue weighted by molar-refractivity contribution is 5.86. The molecule has 0 radical (unpaired) electrons. The molecule has 1 aliphatic carbocycles. The van der Waals surface area contributed by atoms with Crippen LogP contribution >= 0.6 is 0 Å². The van der Waals surface area contributed by atoms with Crippen LogP contribution < -0.4 is 10.6 Å². The molecule has 2 fully saturated rings. The van der Waals surface area contributed by atoms with Crippen molar-refractivity contribution in [1.82, 2.24) is 15.5 Å². The number of benzene rings is 2. The van der Waals surface area contributed by atoms with Crippen molar-refractivity contribution in [2.45, 2.75) is 51.1 Å². The molecule has 144 valence electrons. The Morgan fingerprint density at radius 2 is 1.67 bits per heavy atom. The van der Waals surface area contributed by atoms with Crippen LogP contribution in [-0.2, 0) is 6.54 Å². The van der Waals surface area contributed by atoms with Crippen molar-refractivity contribution in [3.8, 4) is 0 Å². The molecule has 4 rings (SSSR count). The smallest absolute Gasteiger partial charge is 0.315 e. The Bertz CT molecular complexity index is 756. The SMILES string of the molecule is O=C(NCc1cccc2ccccc12)NCC1CCN(C2CCCC2)CC1. The highest BCUT2D eigenvalue weighted by atomic mass is 16.2. The zero-order chi connectivity index (χ0) is 18.5. The molecule has 0 aromatic heterocycles. The number of carbonyl (C=O) groups is 1. The predicted molar refractivity (Wildman–Crippen MR) is 111 cm³/mol. The standard InChI is InChI=1S/C23H31N3O/c27-23(25-17-20-8-5-7-19-6-1-4-11-22(19)20)24-16-18-12-14-26(15-13-18)21-9-2-3-10-21/h1,4-8,11,18,21H,2-3,9-10,12-17H2,(H2,24,25,27). The van der Waals surface area contributed by atoms with Crippen LogP contribution in [0, 0.1) is 5.92 Å². The Morgan fingerprint density at radius 3 is 2.48 bits per heavy atom. The molecule has 2 aromatic carbocycles. The van der Waals surface area contributed by atoms with Gasteiger partial charge in [0.25, 0.3) is 0 Å². The molecule has 2 aromatic rings. The molecule has 4 nitrogen and oxygen atoms in total. The first-order chi connectivity index (χ1) is 13.3. The third-order valence-corrected chi connectivity index (χ3v) is 6.36. The van der Waals surface area contributed by atoms with E-state index >= 15 is 0 Å². The van der Waals surface area contributed by atoms with Gasteiger partial charge in [0.1, 0.15) is 0 Å². The summed E-state index contributed by atoms with van der Waals surface area (Å²) in [4.78, 5) is 14.9. The number of rotatable bonds is 5. The van der Waals surface area contributed by atoms with Crippen molar-refractivity contribution in [2.75, 3.05) is 19.6 Å². The summed E-state index contributed by atoms with van der Waals surface area (Å²) in [6.07, 6.45) is 8.01. The van der Waals surface area contributed by atoms with E-state index in [-0.39, 0.29) is 6.03 Å². The Balaban J connectivity index is 1.20. The van der Waals surface area contributed by atoms with Crippen LogP contribution in [0.15, 0.2) is 42.5 Å². The zero-order valence-corrected chi connectivity index (χ0v) is 16.1. The molecule has 4 heteroatoms. The van der Waals surface area contributed by atoms with Crippen molar-refractivity contribution < 1.29 is 4.79 Å². The van der Waals surface area contributed by atoms with Gasteiger partial charge in [-0.15, -0.1) is 0 Å². The van der Waals surface area contributed by atoms with E-state index in [1.165, 1.54) is 62.4 Å². The molecule has 0 atom stereocenters. The number of carbonyl (C=O) groups excluding carboxylic acids is 1. The fourth-order valence-electron chi connectivity index (χ4n) is 4.71. The number of nitrogens with zero attached hydrogens (tertiary/aromatic N) is 1. The quantitative estimate of drug-likeness (QED) is 0.830. The summed E-state index contributed by atoms with van der Waals surface area (Å²) in [6.45, 7) is 3.76. The van der Waals surface area contributed by atoms with Crippen LogP contribution in [0.1, 0.15) is 44.1 Å². The van der Waals surface area contributed by atoms with E-state index in [9.17, 15) is 4.79 Å². The predicted octanol–water partition coefficient (Wildman–Crippen LogP) is 4.29. The summed E-state index contributed by atoms with van der Waals surface area (Å²) in [7, 11) is 0. The van der Waals surface area contributed by atoms with E-state index < -0.39 is 0 Å². The minimum atomic E-state index is -0.0545. The Morgan fingerprint density at radius 1 is 0.926 bits per heavy atom. The van der Waals surface area contributed by atoms with Gasteiger partial charge in [0.15, 0.2) is 0 Å². The number of urea groups is 1. The first kappa shape index (κ1) is 18.3. The van der Waals surface area contributed by atoms with Gasteiger partial charge in [0.05, 0.1) is 0 Å². The lowest BCUT2D eigenvalue weighted by molar-refractivity contribution is 0.133. The fraction of sp³-hybridized carbons (Fsp3) is 0.522. The average Bonchev–Trinajstić information content (AvgIpc) is 3.26. The molecule has 1 heterocycles. The summed E-state index contributed by atoms with van der Waals surface area (Å²) in [6, 6.07) is 15.3. The minimum absolute atomic E-state index is 0.0545. The van der Waals surface area contributed by atoms with E-state index in [2.05, 4.69) is 45.9 Å². The van der Waals surface area contributed by atoms with Gasteiger partial charge in [-0.2, -0.15) is 0 Å². The first-order valence-electron chi connectivity index (χ1n) is 10.5. The normalized spacial score (nSPS) is 19.4. The first-order valence-corrected chi connectivity index (χ1v) is 10.5. The number of fused-ring (bicyclic) bond motifs is 1. The third-order valence-electron chi connectivity index (χ3n) is 6.36. The number of amides is 2. The van der Waals surface area contributed by atoms with Crippen molar-refractivity contribution >= 4 is 16.8 Å². The van der Waals surface area contributed by atoms with E-state index in [1.807, 2.05) is 12.1 Å². The number of piperidine rings is 1. The molecule has 1 saturated carbocycles. The van der Waals surface area contributed by atoms with Crippen LogP contribution in [0.4, 0.5) is 4.79 Å². The van der Waals surface area contributed by atoms with Crippen LogP contribution in [0.2, 0.25) is 0 Å². The molecule has 0 bridgehead atoms. The molecule has 2 amide bonds. The third kappa shape index (κ3) is 4.62. The highest BCUT2D eigenvalue weighted by Crippen LogP contribution is 2.27. The van der Waals surface area contributed by atoms with Crippen molar-refractivity contribution in [1.29, 1.82) is 0 Å². The Kier molecular flexibility index (Phi) is 5.93. The van der Waals surface area contributed by atoms with E-state index in [4.69, 9.17) is 0 Å². The number of nitrogens with one attached hydrogen (secondary N) is 2. The maximum Gasteiger partial charge on any atom is 0.315 e. The van der Waals surface area contributed by atoms with Crippen LogP contribution in [0.25, 0.3) is 10.8 Å². The van der Waals surface area contributed by atoms with Crippen molar-refractivity contribution in [3.63, 3.8) is 0 Å². The molecule has 1 aliphatic heterocycles. The second-order valence-electron chi connectivity index (χ2n) is 8.12. The Labute approximate surface area is 162 Å². The van der Waals surface area contributed by atoms with Gasteiger partial charge in [0, 0.05) is 19.1 Å². The number of likely N-dealkylation sites (tertiary alicyclic amines) is 1. The summed E-state index contributed by atoms with van der Waals surface area (Å²) in [5.74, 6) is 0.617. The molecule has 2 N–H and O–H groups in total. The van der Waals surface area contributed by atoms with Gasteiger partial charge in [-0.05, 0) is 61.0 Å². The van der Waals surface area contributed by atoms with Crippen LogP contribution in [0.5, 0.6) is 0 Å². The van der Waals surface area contributed by atoms with Gasteiger partial charge < -0.3 is 15.5 Å². The lowest BCUT2D eigenvalue weighted by Crippen LogP contribution is -2.44. The van der Waals surface area contributed by atoms with E-state index in [0.29, 0.717) is 12.5 Å². The molecule has 1 saturated heterocycles. The maximum atomic E-state index is 12.2. The largest absolute Gasteiger partial charge is 0.338 e. The lowest BCUT2D eigenvalue weighted by atomic mass is 9.95. The van der Waals surface area contributed by atoms with E-state index in [0.717, 1.165) is 18.2 Å². The Hall–Kier alpha value is -2.07.